The van der Waals surface area contributed by atoms with Crippen molar-refractivity contribution in [1.82, 2.24) is 10.6 Å². The molecule has 0 spiro atoms. The summed E-state index contributed by atoms with van der Waals surface area (Å²) in [5.41, 5.74) is 0. The fraction of sp³-hybridized carbons (Fsp3) is 0.818. The Labute approximate surface area is 107 Å². The second-order valence-electron chi connectivity index (χ2n) is 3.90. The van der Waals surface area contributed by atoms with Crippen molar-refractivity contribution in [3.63, 3.8) is 0 Å². The minimum Gasteiger partial charge on any atom is -0.480 e. The van der Waals surface area contributed by atoms with Gasteiger partial charge in [0.15, 0.2) is 0 Å². The Hall–Kier alpha value is -0.750. The summed E-state index contributed by atoms with van der Waals surface area (Å²) in [6.07, 6.45) is 2.67. The molecule has 0 aromatic heterocycles. The molecule has 0 aliphatic rings. The number of carboxylic acid groups (broad SMARTS) is 1. The molecule has 5 nitrogen and oxygen atoms in total. The molecule has 0 aliphatic carbocycles. The highest BCUT2D eigenvalue weighted by Crippen LogP contribution is 2.02. The summed E-state index contributed by atoms with van der Waals surface area (Å²) in [6, 6.07) is -0.709. The molecule has 1 unspecified atom stereocenters. The molecule has 0 aromatic rings. The summed E-state index contributed by atoms with van der Waals surface area (Å²) in [5, 5.41) is 14.6. The highest BCUT2D eigenvalue weighted by atomic mass is 32.2. The number of nitrogens with one attached hydrogen (secondary N) is 2. The van der Waals surface area contributed by atoms with Crippen molar-refractivity contribution in [2.45, 2.75) is 38.8 Å². The van der Waals surface area contributed by atoms with E-state index in [2.05, 4.69) is 10.6 Å². The van der Waals surface area contributed by atoms with Gasteiger partial charge >= 0.3 is 5.97 Å². The van der Waals surface area contributed by atoms with Crippen LogP contribution in [0.4, 0.5) is 0 Å². The zero-order valence-corrected chi connectivity index (χ0v) is 11.5. The van der Waals surface area contributed by atoms with Gasteiger partial charge in [0.1, 0.15) is 6.04 Å². The molecule has 0 saturated carbocycles. The van der Waals surface area contributed by atoms with E-state index in [1.165, 1.54) is 0 Å². The Balaban J connectivity index is 4.07. The molecular formula is C11H22N2O3S. The molecule has 0 rings (SSSR count). The van der Waals surface area contributed by atoms with Crippen molar-refractivity contribution in [2.75, 3.05) is 18.6 Å². The normalized spacial score (nSPS) is 14.1. The van der Waals surface area contributed by atoms with E-state index >= 15 is 0 Å². The lowest BCUT2D eigenvalue weighted by atomic mass is 10.2. The minimum absolute atomic E-state index is 0.0648. The fourth-order valence-corrected chi connectivity index (χ4v) is 1.92. The van der Waals surface area contributed by atoms with Gasteiger partial charge < -0.3 is 15.7 Å². The maximum absolute atomic E-state index is 11.6. The number of amides is 1. The van der Waals surface area contributed by atoms with Crippen LogP contribution in [0.1, 0.15) is 26.7 Å². The number of rotatable bonds is 9. The standard InChI is InChI=1S/C11H22N2O3S/c1-4-12-8(2)7-10(14)13-9(11(15)16)5-6-17-3/h8-9,12H,4-7H2,1-3H3,(H,13,14)(H,15,16)/t8?,9-/m1/s1. The van der Waals surface area contributed by atoms with Gasteiger partial charge in [0, 0.05) is 12.5 Å². The molecule has 0 aliphatic heterocycles. The lowest BCUT2D eigenvalue weighted by molar-refractivity contribution is -0.141. The number of aliphatic carboxylic acids is 1. The number of carbonyl (C=O) groups excluding carboxylic acids is 1. The van der Waals surface area contributed by atoms with Gasteiger partial charge in [0.25, 0.3) is 0 Å². The van der Waals surface area contributed by atoms with E-state index in [-0.39, 0.29) is 11.9 Å². The van der Waals surface area contributed by atoms with Crippen LogP contribution in [0.25, 0.3) is 0 Å². The second-order valence-corrected chi connectivity index (χ2v) is 4.89. The quantitative estimate of drug-likeness (QED) is 0.570. The van der Waals surface area contributed by atoms with Gasteiger partial charge in [-0.05, 0) is 31.9 Å². The third kappa shape index (κ3) is 8.04. The van der Waals surface area contributed by atoms with Crippen molar-refractivity contribution >= 4 is 23.6 Å². The van der Waals surface area contributed by atoms with Crippen LogP contribution in [0.3, 0.4) is 0 Å². The van der Waals surface area contributed by atoms with Crippen molar-refractivity contribution in [3.8, 4) is 0 Å². The first kappa shape index (κ1) is 16.2. The molecular weight excluding hydrogens is 240 g/mol. The van der Waals surface area contributed by atoms with E-state index in [9.17, 15) is 9.59 Å². The molecule has 2 atom stereocenters. The van der Waals surface area contributed by atoms with Crippen LogP contribution in [0, 0.1) is 0 Å². The van der Waals surface area contributed by atoms with Crippen molar-refractivity contribution in [3.05, 3.63) is 0 Å². The first-order chi connectivity index (χ1) is 8.01. The zero-order chi connectivity index (χ0) is 13.3. The molecule has 0 saturated heterocycles. The van der Waals surface area contributed by atoms with Crippen LogP contribution >= 0.6 is 11.8 Å². The zero-order valence-electron chi connectivity index (χ0n) is 10.7. The fourth-order valence-electron chi connectivity index (χ4n) is 1.45. The summed E-state index contributed by atoms with van der Waals surface area (Å²) < 4.78 is 0. The van der Waals surface area contributed by atoms with Gasteiger partial charge in [0.05, 0.1) is 0 Å². The van der Waals surface area contributed by atoms with Crippen LogP contribution in [-0.4, -0.2) is 47.6 Å². The SMILES string of the molecule is CCNC(C)CC(=O)N[C@H](CCSC)C(=O)O. The molecule has 100 valence electrons. The number of carbonyl (C=O) groups is 2. The molecule has 3 N–H and O–H groups in total. The molecule has 17 heavy (non-hydrogen) atoms. The van der Waals surface area contributed by atoms with Gasteiger partial charge in [-0.2, -0.15) is 11.8 Å². The summed E-state index contributed by atoms with van der Waals surface area (Å²) >= 11 is 1.57. The second kappa shape index (κ2) is 9.30. The van der Waals surface area contributed by atoms with Crippen molar-refractivity contribution in [1.29, 1.82) is 0 Å². The van der Waals surface area contributed by atoms with Crippen LogP contribution in [0.5, 0.6) is 0 Å². The molecule has 1 amide bonds. The Bertz CT molecular complexity index is 249. The predicted molar refractivity (Wildman–Crippen MR) is 70.3 cm³/mol. The van der Waals surface area contributed by atoms with E-state index in [4.69, 9.17) is 5.11 Å². The van der Waals surface area contributed by atoms with Crippen LogP contribution in [0.2, 0.25) is 0 Å². The van der Waals surface area contributed by atoms with Crippen LogP contribution in [-0.2, 0) is 9.59 Å². The van der Waals surface area contributed by atoms with Crippen molar-refractivity contribution in [2.24, 2.45) is 0 Å². The summed E-state index contributed by atoms with van der Waals surface area (Å²) in [5.74, 6) is -0.463. The van der Waals surface area contributed by atoms with E-state index in [1.54, 1.807) is 11.8 Å². The summed E-state index contributed by atoms with van der Waals surface area (Å²) in [6.45, 7) is 4.66. The van der Waals surface area contributed by atoms with Gasteiger partial charge in [-0.3, -0.25) is 4.79 Å². The summed E-state index contributed by atoms with van der Waals surface area (Å²) in [7, 11) is 0. The average Bonchev–Trinajstić information content (AvgIpc) is 2.23. The van der Waals surface area contributed by atoms with Crippen LogP contribution in [0.15, 0.2) is 0 Å². The number of carboxylic acids is 1. The predicted octanol–water partition coefficient (Wildman–Crippen LogP) is 0.697. The molecule has 0 radical (unpaired) electrons. The smallest absolute Gasteiger partial charge is 0.326 e. The van der Waals surface area contributed by atoms with Gasteiger partial charge in [-0.1, -0.05) is 6.92 Å². The Morgan fingerprint density at radius 1 is 1.41 bits per heavy atom. The van der Waals surface area contributed by atoms with Gasteiger partial charge in [-0.15, -0.1) is 0 Å². The van der Waals surface area contributed by atoms with E-state index in [0.29, 0.717) is 12.8 Å². The maximum Gasteiger partial charge on any atom is 0.326 e. The third-order valence-electron chi connectivity index (χ3n) is 2.29. The van der Waals surface area contributed by atoms with E-state index in [1.807, 2.05) is 20.1 Å². The van der Waals surface area contributed by atoms with Gasteiger partial charge in [0.2, 0.25) is 5.91 Å². The highest BCUT2D eigenvalue weighted by molar-refractivity contribution is 7.98. The lowest BCUT2D eigenvalue weighted by Gasteiger charge is -2.16. The third-order valence-corrected chi connectivity index (χ3v) is 2.93. The maximum atomic E-state index is 11.6. The first-order valence-electron chi connectivity index (χ1n) is 5.75. The molecule has 0 aromatic carbocycles. The number of thioether (sulfide) groups is 1. The molecule has 0 heterocycles. The van der Waals surface area contributed by atoms with E-state index in [0.717, 1.165) is 12.3 Å². The first-order valence-corrected chi connectivity index (χ1v) is 7.15. The molecule has 0 bridgehead atoms. The largest absolute Gasteiger partial charge is 0.480 e. The highest BCUT2D eigenvalue weighted by Gasteiger charge is 2.20. The lowest BCUT2D eigenvalue weighted by Crippen LogP contribution is -2.43. The van der Waals surface area contributed by atoms with Crippen molar-refractivity contribution < 1.29 is 14.7 Å². The molecule has 0 fully saturated rings. The Morgan fingerprint density at radius 3 is 2.53 bits per heavy atom. The van der Waals surface area contributed by atoms with E-state index < -0.39 is 12.0 Å². The average molecular weight is 262 g/mol. The minimum atomic E-state index is -0.969. The Morgan fingerprint density at radius 2 is 2.06 bits per heavy atom. The topological polar surface area (TPSA) is 78.4 Å². The number of hydrogen-bond acceptors (Lipinski definition) is 4. The Kier molecular flexibility index (Phi) is 8.89. The van der Waals surface area contributed by atoms with Gasteiger partial charge in [-0.25, -0.2) is 4.79 Å². The van der Waals surface area contributed by atoms with Crippen LogP contribution < -0.4 is 10.6 Å². The monoisotopic (exact) mass is 262 g/mol. The number of hydrogen-bond donors (Lipinski definition) is 3. The summed E-state index contributed by atoms with van der Waals surface area (Å²) in [4.78, 5) is 22.5. The molecule has 6 heteroatoms.